The highest BCUT2D eigenvalue weighted by Crippen LogP contribution is 1.96. The predicted octanol–water partition coefficient (Wildman–Crippen LogP) is 2.77. The Labute approximate surface area is 67.4 Å². The molecule has 0 bridgehead atoms. The summed E-state index contributed by atoms with van der Waals surface area (Å²) in [5.41, 5.74) is 1.22. The van der Waals surface area contributed by atoms with E-state index in [0.717, 1.165) is 12.7 Å². The number of carbonyl (C=O) groups excluding carboxylic acids is 1. The van der Waals surface area contributed by atoms with Crippen LogP contribution < -0.4 is 0 Å². The Morgan fingerprint density at radius 3 is 2.00 bits per heavy atom. The topological polar surface area (TPSA) is 17.1 Å². The Bertz CT molecular complexity index is 91.4. The van der Waals surface area contributed by atoms with Crippen LogP contribution in [0.5, 0.6) is 0 Å². The Kier molecular flexibility index (Phi) is 13.7. The zero-order valence-corrected chi connectivity index (χ0v) is 6.97. The van der Waals surface area contributed by atoms with Crippen LogP contribution in [-0.2, 0) is 4.79 Å². The minimum Gasteiger partial charge on any atom is -0.303 e. The summed E-state index contributed by atoms with van der Waals surface area (Å²) in [4.78, 5) is 9.90. The quantitative estimate of drug-likeness (QED) is 0.459. The molecule has 0 radical (unpaired) electrons. The van der Waals surface area contributed by atoms with Crippen LogP contribution in [0.15, 0.2) is 24.8 Å². The van der Waals surface area contributed by atoms with E-state index in [-0.39, 0.29) is 5.92 Å². The van der Waals surface area contributed by atoms with Gasteiger partial charge in [0.25, 0.3) is 0 Å². The van der Waals surface area contributed by atoms with Crippen LogP contribution in [0.3, 0.4) is 0 Å². The zero-order chi connectivity index (χ0) is 8.41. The maximum absolute atomic E-state index is 9.90. The summed E-state index contributed by atoms with van der Waals surface area (Å²) in [6.45, 7) is 8.56. The predicted molar refractivity (Wildman–Crippen MR) is 46.1 cm³/mol. The summed E-state index contributed by atoms with van der Waals surface area (Å²) in [5, 5.41) is 0. The minimum absolute atomic E-state index is 0.0694. The number of allylic oxidation sites excluding steroid dienone is 1. The first-order valence-electron chi connectivity index (χ1n) is 3.05. The normalized spacial score (nSPS) is 10.2. The molecule has 0 amide bonds. The molecule has 58 valence electrons. The minimum atomic E-state index is 0.0694. The molecule has 0 aliphatic carbocycles. The van der Waals surface area contributed by atoms with Crippen molar-refractivity contribution in [2.24, 2.45) is 5.92 Å². The maximum atomic E-state index is 9.90. The number of carbonyl (C=O) groups is 1. The van der Waals surface area contributed by atoms with Crippen LogP contribution >= 0.6 is 11.6 Å². The zero-order valence-electron chi connectivity index (χ0n) is 6.22. The molecule has 0 fully saturated rings. The molecule has 1 atom stereocenters. The second kappa shape index (κ2) is 11.3. The van der Waals surface area contributed by atoms with E-state index in [1.54, 1.807) is 6.08 Å². The highest BCUT2D eigenvalue weighted by molar-refractivity contribution is 6.25. The average Bonchev–Trinajstić information content (AvgIpc) is 1.93. The van der Waals surface area contributed by atoms with Crippen LogP contribution in [0.4, 0.5) is 0 Å². The molecular formula is C8H13ClO. The third-order valence-corrected chi connectivity index (χ3v) is 0.949. The number of hydrogen-bond acceptors (Lipinski definition) is 1. The number of rotatable bonds is 3. The van der Waals surface area contributed by atoms with E-state index >= 15 is 0 Å². The van der Waals surface area contributed by atoms with E-state index in [2.05, 4.69) is 13.2 Å². The van der Waals surface area contributed by atoms with E-state index in [1.165, 1.54) is 5.54 Å². The van der Waals surface area contributed by atoms with Crippen LogP contribution in [-0.4, -0.2) is 6.29 Å². The van der Waals surface area contributed by atoms with Gasteiger partial charge in [0.15, 0.2) is 0 Å². The van der Waals surface area contributed by atoms with Crippen molar-refractivity contribution in [3.8, 4) is 0 Å². The monoisotopic (exact) mass is 160 g/mol. The van der Waals surface area contributed by atoms with Crippen LogP contribution in [0.1, 0.15) is 13.3 Å². The van der Waals surface area contributed by atoms with Crippen LogP contribution in [0.2, 0.25) is 0 Å². The van der Waals surface area contributed by atoms with E-state index in [4.69, 9.17) is 11.6 Å². The third kappa shape index (κ3) is 10.4. The number of halogens is 1. The fourth-order valence-electron chi connectivity index (χ4n) is 0.318. The Balaban J connectivity index is 0. The fourth-order valence-corrected chi connectivity index (χ4v) is 0.318. The van der Waals surface area contributed by atoms with Gasteiger partial charge in [-0.05, 0) is 12.0 Å². The SMILES string of the molecule is C=CC(C=O)CC.C=CCl. The molecule has 0 aliphatic rings. The average molecular weight is 161 g/mol. The summed E-state index contributed by atoms with van der Waals surface area (Å²) < 4.78 is 0. The van der Waals surface area contributed by atoms with Gasteiger partial charge in [-0.2, -0.15) is 0 Å². The first kappa shape index (κ1) is 12.1. The van der Waals surface area contributed by atoms with Crippen molar-refractivity contribution >= 4 is 17.9 Å². The summed E-state index contributed by atoms with van der Waals surface area (Å²) in [5.74, 6) is 0.0694. The Hall–Kier alpha value is -0.560. The first-order chi connectivity index (χ1) is 4.76. The van der Waals surface area contributed by atoms with Gasteiger partial charge < -0.3 is 4.79 Å². The van der Waals surface area contributed by atoms with Gasteiger partial charge in [0.1, 0.15) is 6.29 Å². The van der Waals surface area contributed by atoms with E-state index < -0.39 is 0 Å². The second-order valence-electron chi connectivity index (χ2n) is 1.60. The van der Waals surface area contributed by atoms with Crippen LogP contribution in [0.25, 0.3) is 0 Å². The molecule has 10 heavy (non-hydrogen) atoms. The van der Waals surface area contributed by atoms with E-state index in [1.807, 2.05) is 6.92 Å². The third-order valence-electron chi connectivity index (χ3n) is 0.949. The van der Waals surface area contributed by atoms with Crippen molar-refractivity contribution in [2.75, 3.05) is 0 Å². The highest BCUT2D eigenvalue weighted by atomic mass is 35.5. The van der Waals surface area contributed by atoms with Crippen molar-refractivity contribution in [3.63, 3.8) is 0 Å². The lowest BCUT2D eigenvalue weighted by Gasteiger charge is -1.92. The Morgan fingerprint density at radius 2 is 2.00 bits per heavy atom. The van der Waals surface area contributed by atoms with E-state index in [0.29, 0.717) is 0 Å². The molecule has 0 saturated heterocycles. The molecule has 0 heterocycles. The van der Waals surface area contributed by atoms with Crippen LogP contribution in [0, 0.1) is 5.92 Å². The smallest absolute Gasteiger partial charge is 0.126 e. The molecule has 0 aromatic carbocycles. The highest BCUT2D eigenvalue weighted by Gasteiger charge is 1.92. The van der Waals surface area contributed by atoms with Crippen molar-refractivity contribution in [1.29, 1.82) is 0 Å². The largest absolute Gasteiger partial charge is 0.303 e. The van der Waals surface area contributed by atoms with Gasteiger partial charge in [-0.1, -0.05) is 31.2 Å². The van der Waals surface area contributed by atoms with Crippen molar-refractivity contribution in [2.45, 2.75) is 13.3 Å². The van der Waals surface area contributed by atoms with Gasteiger partial charge >= 0.3 is 0 Å². The summed E-state index contributed by atoms with van der Waals surface area (Å²) in [6, 6.07) is 0. The second-order valence-corrected chi connectivity index (χ2v) is 1.91. The molecule has 0 saturated carbocycles. The fraction of sp³-hybridized carbons (Fsp3) is 0.375. The molecule has 0 aromatic heterocycles. The van der Waals surface area contributed by atoms with Gasteiger partial charge in [0, 0.05) is 5.92 Å². The Morgan fingerprint density at radius 1 is 1.60 bits per heavy atom. The van der Waals surface area contributed by atoms with E-state index in [9.17, 15) is 4.79 Å². The lowest BCUT2D eigenvalue weighted by Crippen LogP contribution is -1.92. The molecule has 0 N–H and O–H groups in total. The molecule has 0 rings (SSSR count). The summed E-state index contributed by atoms with van der Waals surface area (Å²) >= 11 is 4.76. The van der Waals surface area contributed by atoms with Crippen molar-refractivity contribution in [3.05, 3.63) is 24.8 Å². The van der Waals surface area contributed by atoms with Gasteiger partial charge in [0.05, 0.1) is 0 Å². The van der Waals surface area contributed by atoms with Gasteiger partial charge in [0.2, 0.25) is 0 Å². The van der Waals surface area contributed by atoms with Gasteiger partial charge in [-0.15, -0.1) is 6.58 Å². The standard InChI is InChI=1S/C6H10O.C2H3Cl/c1-3-6(4-2)5-7;1-2-3/h3,5-6H,1,4H2,2H3;2H,1H2. The molecule has 2 heteroatoms. The summed E-state index contributed by atoms with van der Waals surface area (Å²) in [6.07, 6.45) is 3.44. The molecule has 0 spiro atoms. The molecule has 1 nitrogen and oxygen atoms in total. The maximum Gasteiger partial charge on any atom is 0.126 e. The number of aldehydes is 1. The van der Waals surface area contributed by atoms with Gasteiger partial charge in [-0.25, -0.2) is 0 Å². The van der Waals surface area contributed by atoms with Gasteiger partial charge in [-0.3, -0.25) is 0 Å². The first-order valence-corrected chi connectivity index (χ1v) is 3.49. The van der Waals surface area contributed by atoms with Crippen molar-refractivity contribution in [1.82, 2.24) is 0 Å². The molecule has 0 aromatic rings. The molecular weight excluding hydrogens is 148 g/mol. The summed E-state index contributed by atoms with van der Waals surface area (Å²) in [7, 11) is 0. The number of hydrogen-bond donors (Lipinski definition) is 0. The lowest BCUT2D eigenvalue weighted by molar-refractivity contribution is -0.109. The molecule has 1 unspecified atom stereocenters. The lowest BCUT2D eigenvalue weighted by atomic mass is 10.1. The molecule has 0 aliphatic heterocycles. The van der Waals surface area contributed by atoms with Crippen molar-refractivity contribution < 1.29 is 4.79 Å².